The maximum atomic E-state index is 2.90. The number of piperidine rings is 3. The van der Waals surface area contributed by atoms with E-state index in [1.54, 1.807) is 0 Å². The molecule has 3 aliphatic heterocycles. The first-order valence-corrected chi connectivity index (χ1v) is 12.8. The van der Waals surface area contributed by atoms with E-state index < -0.39 is 0 Å². The lowest BCUT2D eigenvalue weighted by Gasteiger charge is -2.56. The molecule has 29 heavy (non-hydrogen) atoms. The summed E-state index contributed by atoms with van der Waals surface area (Å²) in [6, 6.07) is 1.40. The van der Waals surface area contributed by atoms with Crippen LogP contribution in [0.4, 0.5) is 0 Å². The van der Waals surface area contributed by atoms with Crippen LogP contribution in [-0.4, -0.2) is 70.6 Å². The van der Waals surface area contributed by atoms with Crippen molar-refractivity contribution in [3.8, 4) is 0 Å². The van der Waals surface area contributed by atoms with Crippen LogP contribution < -0.4 is 0 Å². The molecule has 0 aliphatic carbocycles. The summed E-state index contributed by atoms with van der Waals surface area (Å²) in [5.41, 5.74) is 0.680. The molecule has 3 saturated heterocycles. The maximum Gasteiger partial charge on any atom is 0.0185 e. The van der Waals surface area contributed by atoms with Gasteiger partial charge in [0, 0.05) is 29.7 Å². The highest BCUT2D eigenvalue weighted by molar-refractivity contribution is 5.00. The van der Waals surface area contributed by atoms with E-state index in [1.165, 1.54) is 71.2 Å². The fourth-order valence-corrected chi connectivity index (χ4v) is 7.00. The molecule has 170 valence electrons. The second-order valence-corrected chi connectivity index (χ2v) is 12.2. The third kappa shape index (κ3) is 5.04. The van der Waals surface area contributed by atoms with Crippen LogP contribution in [0.5, 0.6) is 0 Å². The Morgan fingerprint density at radius 2 is 1.38 bits per heavy atom. The molecule has 3 nitrogen and oxygen atoms in total. The smallest absolute Gasteiger partial charge is 0.0185 e. The lowest BCUT2D eigenvalue weighted by Crippen LogP contribution is -2.61. The van der Waals surface area contributed by atoms with E-state index in [-0.39, 0.29) is 0 Å². The van der Waals surface area contributed by atoms with Crippen molar-refractivity contribution in [1.29, 1.82) is 0 Å². The summed E-state index contributed by atoms with van der Waals surface area (Å²) in [7, 11) is 0. The largest absolute Gasteiger partial charge is 0.301 e. The molecule has 0 aromatic rings. The molecule has 0 bridgehead atoms. The molecule has 3 atom stereocenters. The summed E-state index contributed by atoms with van der Waals surface area (Å²) in [6.07, 6.45) is 8.29. The summed E-state index contributed by atoms with van der Waals surface area (Å²) in [6.45, 7) is 26.3. The minimum Gasteiger partial charge on any atom is -0.301 e. The van der Waals surface area contributed by atoms with Gasteiger partial charge in [-0.2, -0.15) is 0 Å². The van der Waals surface area contributed by atoms with Crippen LogP contribution in [0, 0.1) is 17.8 Å². The van der Waals surface area contributed by atoms with Crippen molar-refractivity contribution in [3.63, 3.8) is 0 Å². The van der Waals surface area contributed by atoms with Crippen molar-refractivity contribution in [3.05, 3.63) is 0 Å². The van der Waals surface area contributed by atoms with Crippen LogP contribution >= 0.6 is 0 Å². The van der Waals surface area contributed by atoms with Crippen molar-refractivity contribution in [2.24, 2.45) is 17.8 Å². The number of hydrogen-bond acceptors (Lipinski definition) is 3. The lowest BCUT2D eigenvalue weighted by atomic mass is 9.72. The summed E-state index contributed by atoms with van der Waals surface area (Å²) < 4.78 is 0. The molecule has 0 N–H and O–H groups in total. The van der Waals surface area contributed by atoms with Gasteiger partial charge in [-0.25, -0.2) is 0 Å². The van der Waals surface area contributed by atoms with Crippen molar-refractivity contribution >= 4 is 0 Å². The molecular weight excluding hydrogens is 354 g/mol. The van der Waals surface area contributed by atoms with Gasteiger partial charge in [0.05, 0.1) is 0 Å². The molecule has 3 heteroatoms. The van der Waals surface area contributed by atoms with E-state index in [1.807, 2.05) is 0 Å². The van der Waals surface area contributed by atoms with Crippen LogP contribution in [0.3, 0.4) is 0 Å². The lowest BCUT2D eigenvalue weighted by molar-refractivity contribution is -0.0599. The first-order valence-electron chi connectivity index (χ1n) is 12.8. The Morgan fingerprint density at radius 3 is 1.93 bits per heavy atom. The Kier molecular flexibility index (Phi) is 7.44. The molecule has 3 heterocycles. The van der Waals surface area contributed by atoms with Gasteiger partial charge < -0.3 is 4.90 Å². The highest BCUT2D eigenvalue weighted by atomic mass is 15.3. The SMILES string of the molecule is CC1CCCN(C(C)(C)C2CCN(C(C)(C)C3CCN(C(C)C)CC3)C(C)C2)C1. The normalized spacial score (nSPS) is 32.8. The number of likely N-dealkylation sites (tertiary alicyclic amines) is 3. The van der Waals surface area contributed by atoms with E-state index in [4.69, 9.17) is 0 Å². The number of hydrogen-bond donors (Lipinski definition) is 0. The van der Waals surface area contributed by atoms with Crippen LogP contribution in [0.25, 0.3) is 0 Å². The molecular formula is C26H51N3. The molecule has 0 aromatic heterocycles. The molecule has 0 amide bonds. The van der Waals surface area contributed by atoms with Gasteiger partial charge in [0.1, 0.15) is 0 Å². The minimum absolute atomic E-state index is 0.331. The summed E-state index contributed by atoms with van der Waals surface area (Å²) in [5.74, 6) is 2.54. The van der Waals surface area contributed by atoms with Gasteiger partial charge in [-0.15, -0.1) is 0 Å². The third-order valence-corrected chi connectivity index (χ3v) is 9.35. The van der Waals surface area contributed by atoms with Gasteiger partial charge in [0.25, 0.3) is 0 Å². The topological polar surface area (TPSA) is 9.72 Å². The van der Waals surface area contributed by atoms with Crippen molar-refractivity contribution < 1.29 is 0 Å². The average Bonchev–Trinajstić information content (AvgIpc) is 2.67. The van der Waals surface area contributed by atoms with Gasteiger partial charge in [0.15, 0.2) is 0 Å². The molecule has 0 radical (unpaired) electrons. The van der Waals surface area contributed by atoms with E-state index in [0.29, 0.717) is 23.2 Å². The molecule has 3 aliphatic rings. The monoisotopic (exact) mass is 405 g/mol. The number of nitrogens with zero attached hydrogens (tertiary/aromatic N) is 3. The highest BCUT2D eigenvalue weighted by Gasteiger charge is 2.45. The summed E-state index contributed by atoms with van der Waals surface area (Å²) >= 11 is 0. The van der Waals surface area contributed by atoms with Crippen molar-refractivity contribution in [1.82, 2.24) is 14.7 Å². The Labute approximate surface area is 182 Å². The molecule has 0 saturated carbocycles. The number of rotatable bonds is 5. The Morgan fingerprint density at radius 1 is 0.759 bits per heavy atom. The molecule has 0 spiro atoms. The van der Waals surface area contributed by atoms with Gasteiger partial charge in [-0.3, -0.25) is 9.80 Å². The second kappa shape index (κ2) is 9.17. The molecule has 3 unspecified atom stereocenters. The predicted octanol–water partition coefficient (Wildman–Crippen LogP) is 5.50. The zero-order valence-electron chi connectivity index (χ0n) is 21.0. The fraction of sp³-hybridized carbons (Fsp3) is 1.00. The van der Waals surface area contributed by atoms with Gasteiger partial charge in [0.2, 0.25) is 0 Å². The van der Waals surface area contributed by atoms with Crippen LogP contribution in [0.2, 0.25) is 0 Å². The van der Waals surface area contributed by atoms with Crippen molar-refractivity contribution in [2.45, 2.75) is 117 Å². The van der Waals surface area contributed by atoms with Gasteiger partial charge in [-0.05, 0) is 131 Å². The van der Waals surface area contributed by atoms with E-state index in [0.717, 1.165) is 17.8 Å². The van der Waals surface area contributed by atoms with E-state index >= 15 is 0 Å². The van der Waals surface area contributed by atoms with Gasteiger partial charge >= 0.3 is 0 Å². The van der Waals surface area contributed by atoms with Gasteiger partial charge in [-0.1, -0.05) is 6.92 Å². The second-order valence-electron chi connectivity index (χ2n) is 12.2. The Balaban J connectivity index is 1.60. The zero-order chi connectivity index (χ0) is 21.4. The molecule has 3 fully saturated rings. The van der Waals surface area contributed by atoms with Crippen LogP contribution in [0.1, 0.15) is 93.9 Å². The van der Waals surface area contributed by atoms with Crippen molar-refractivity contribution in [2.75, 3.05) is 32.7 Å². The standard InChI is InChI=1S/C26H51N3/c1-20(2)27-15-11-23(12-16-27)26(7,8)29-17-13-24(18-22(29)4)25(5,6)28-14-9-10-21(3)19-28/h20-24H,9-19H2,1-8H3. The van der Waals surface area contributed by atoms with E-state index in [2.05, 4.69) is 70.1 Å². The Hall–Kier alpha value is -0.120. The molecule has 3 rings (SSSR count). The van der Waals surface area contributed by atoms with E-state index in [9.17, 15) is 0 Å². The average molecular weight is 406 g/mol. The maximum absolute atomic E-state index is 2.90. The molecule has 0 aromatic carbocycles. The summed E-state index contributed by atoms with van der Waals surface area (Å²) in [5, 5.41) is 0. The highest BCUT2D eigenvalue weighted by Crippen LogP contribution is 2.42. The fourth-order valence-electron chi connectivity index (χ4n) is 7.00. The third-order valence-electron chi connectivity index (χ3n) is 9.35. The Bertz CT molecular complexity index is 518. The summed E-state index contributed by atoms with van der Waals surface area (Å²) in [4.78, 5) is 8.40. The van der Waals surface area contributed by atoms with Crippen LogP contribution in [0.15, 0.2) is 0 Å². The predicted molar refractivity (Wildman–Crippen MR) is 126 cm³/mol. The first-order chi connectivity index (χ1) is 13.5. The zero-order valence-corrected chi connectivity index (χ0v) is 21.0. The first kappa shape index (κ1) is 23.5. The van der Waals surface area contributed by atoms with Crippen LogP contribution in [-0.2, 0) is 0 Å². The quantitative estimate of drug-likeness (QED) is 0.598. The minimum atomic E-state index is 0.331.